The van der Waals surface area contributed by atoms with Gasteiger partial charge in [0.1, 0.15) is 0 Å². The lowest BCUT2D eigenvalue weighted by atomic mass is 10.2. The number of carbonyl (C=O) groups is 1. The van der Waals surface area contributed by atoms with E-state index >= 15 is 0 Å². The second-order valence-electron chi connectivity index (χ2n) is 6.16. The first kappa shape index (κ1) is 17.9. The van der Waals surface area contributed by atoms with Crippen LogP contribution in [-0.2, 0) is 14.8 Å². The van der Waals surface area contributed by atoms with Crippen LogP contribution in [0.25, 0.3) is 0 Å². The third-order valence-electron chi connectivity index (χ3n) is 4.22. The third-order valence-corrected chi connectivity index (χ3v) is 6.28. The zero-order chi connectivity index (χ0) is 17.0. The molecule has 1 heterocycles. The molecule has 128 valence electrons. The lowest BCUT2D eigenvalue weighted by molar-refractivity contribution is -0.131. The molecule has 1 amide bonds. The zero-order valence-corrected chi connectivity index (χ0v) is 15.0. The van der Waals surface area contributed by atoms with Crippen molar-refractivity contribution in [3.05, 3.63) is 29.3 Å². The lowest BCUT2D eigenvalue weighted by Crippen LogP contribution is -2.37. The molecule has 0 unspecified atom stereocenters. The Morgan fingerprint density at radius 3 is 2.52 bits per heavy atom. The van der Waals surface area contributed by atoms with Gasteiger partial charge in [0.25, 0.3) is 0 Å². The molecule has 1 aliphatic heterocycles. The first-order valence-corrected chi connectivity index (χ1v) is 9.65. The average molecular weight is 338 g/mol. The number of hydrogen-bond donors (Lipinski definition) is 0. The van der Waals surface area contributed by atoms with Crippen LogP contribution in [0.15, 0.2) is 23.1 Å². The van der Waals surface area contributed by atoms with Crippen LogP contribution in [0.4, 0.5) is 0 Å². The second kappa shape index (κ2) is 7.45. The molecular weight excluding hydrogens is 312 g/mol. The van der Waals surface area contributed by atoms with Gasteiger partial charge in [-0.15, -0.1) is 0 Å². The van der Waals surface area contributed by atoms with Crippen LogP contribution < -0.4 is 0 Å². The van der Waals surface area contributed by atoms with E-state index in [1.165, 1.54) is 4.31 Å². The van der Waals surface area contributed by atoms with E-state index in [0.29, 0.717) is 43.9 Å². The minimum absolute atomic E-state index is 0.123. The van der Waals surface area contributed by atoms with Crippen LogP contribution in [0.5, 0.6) is 0 Å². The molecule has 1 aliphatic rings. The number of benzene rings is 1. The smallest absolute Gasteiger partial charge is 0.243 e. The minimum atomic E-state index is -3.50. The van der Waals surface area contributed by atoms with E-state index in [2.05, 4.69) is 0 Å². The van der Waals surface area contributed by atoms with Crippen LogP contribution in [0.2, 0.25) is 0 Å². The fourth-order valence-corrected chi connectivity index (χ4v) is 4.66. The van der Waals surface area contributed by atoms with Gasteiger partial charge < -0.3 is 4.90 Å². The SMILES string of the molecule is CCCC(=O)N1CCCN(S(=O)(=O)c2ccc(C)cc2C)CC1. The van der Waals surface area contributed by atoms with Crippen LogP contribution >= 0.6 is 0 Å². The van der Waals surface area contributed by atoms with E-state index in [0.717, 1.165) is 17.5 Å². The molecule has 6 heteroatoms. The molecule has 0 N–H and O–H groups in total. The van der Waals surface area contributed by atoms with Crippen molar-refractivity contribution < 1.29 is 13.2 Å². The fourth-order valence-electron chi connectivity index (χ4n) is 2.98. The summed E-state index contributed by atoms with van der Waals surface area (Å²) < 4.78 is 27.3. The Kier molecular flexibility index (Phi) is 5.81. The predicted molar refractivity (Wildman–Crippen MR) is 90.8 cm³/mol. The van der Waals surface area contributed by atoms with E-state index in [9.17, 15) is 13.2 Å². The number of aryl methyl sites for hydroxylation is 2. The molecule has 5 nitrogen and oxygen atoms in total. The van der Waals surface area contributed by atoms with Crippen molar-refractivity contribution in [1.82, 2.24) is 9.21 Å². The van der Waals surface area contributed by atoms with Gasteiger partial charge in [-0.3, -0.25) is 4.79 Å². The Bertz CT molecular complexity index is 670. The van der Waals surface area contributed by atoms with Crippen molar-refractivity contribution in [2.75, 3.05) is 26.2 Å². The molecular formula is C17H26N2O3S. The highest BCUT2D eigenvalue weighted by Gasteiger charge is 2.29. The molecule has 0 saturated carbocycles. The molecule has 0 bridgehead atoms. The summed E-state index contributed by atoms with van der Waals surface area (Å²) in [5.74, 6) is 0.123. The first-order valence-electron chi connectivity index (χ1n) is 8.21. The lowest BCUT2D eigenvalue weighted by Gasteiger charge is -2.22. The van der Waals surface area contributed by atoms with Gasteiger partial charge in [0.15, 0.2) is 0 Å². The number of sulfonamides is 1. The monoisotopic (exact) mass is 338 g/mol. The molecule has 1 saturated heterocycles. The van der Waals surface area contributed by atoms with E-state index in [1.807, 2.05) is 32.9 Å². The van der Waals surface area contributed by atoms with Crippen molar-refractivity contribution in [1.29, 1.82) is 0 Å². The number of rotatable bonds is 4. The molecule has 1 fully saturated rings. The Balaban J connectivity index is 2.16. The Hall–Kier alpha value is -1.40. The number of amides is 1. The maximum atomic E-state index is 12.9. The van der Waals surface area contributed by atoms with Crippen molar-refractivity contribution in [2.24, 2.45) is 0 Å². The molecule has 0 atom stereocenters. The van der Waals surface area contributed by atoms with Crippen LogP contribution in [0.3, 0.4) is 0 Å². The Labute approximate surface area is 139 Å². The highest BCUT2D eigenvalue weighted by atomic mass is 32.2. The minimum Gasteiger partial charge on any atom is -0.341 e. The van der Waals surface area contributed by atoms with Gasteiger partial charge in [-0.1, -0.05) is 24.6 Å². The number of nitrogens with zero attached hydrogens (tertiary/aromatic N) is 2. The molecule has 0 spiro atoms. The number of hydrogen-bond acceptors (Lipinski definition) is 3. The quantitative estimate of drug-likeness (QED) is 0.846. The van der Waals surface area contributed by atoms with Crippen molar-refractivity contribution in [3.8, 4) is 0 Å². The topological polar surface area (TPSA) is 57.7 Å². The predicted octanol–water partition coefficient (Wildman–Crippen LogP) is 2.33. The molecule has 2 rings (SSSR count). The van der Waals surface area contributed by atoms with E-state index in [4.69, 9.17) is 0 Å². The standard InChI is InChI=1S/C17H26N2O3S/c1-4-6-17(20)18-9-5-10-19(12-11-18)23(21,22)16-8-7-14(2)13-15(16)3/h7-8,13H,4-6,9-12H2,1-3H3. The van der Waals surface area contributed by atoms with Gasteiger partial charge in [-0.05, 0) is 38.3 Å². The van der Waals surface area contributed by atoms with Gasteiger partial charge in [0.05, 0.1) is 4.90 Å². The number of carbonyl (C=O) groups excluding carboxylic acids is 1. The summed E-state index contributed by atoms with van der Waals surface area (Å²) in [5, 5.41) is 0. The average Bonchev–Trinajstić information content (AvgIpc) is 2.73. The van der Waals surface area contributed by atoms with E-state index in [-0.39, 0.29) is 5.91 Å². The Morgan fingerprint density at radius 2 is 1.87 bits per heavy atom. The highest BCUT2D eigenvalue weighted by molar-refractivity contribution is 7.89. The molecule has 1 aromatic rings. The van der Waals surface area contributed by atoms with Crippen molar-refractivity contribution >= 4 is 15.9 Å². The van der Waals surface area contributed by atoms with Crippen LogP contribution in [0.1, 0.15) is 37.3 Å². The largest absolute Gasteiger partial charge is 0.341 e. The Morgan fingerprint density at radius 1 is 1.13 bits per heavy atom. The first-order chi connectivity index (χ1) is 10.9. The summed E-state index contributed by atoms with van der Waals surface area (Å²) in [5.41, 5.74) is 1.82. The van der Waals surface area contributed by atoms with E-state index < -0.39 is 10.0 Å². The maximum Gasteiger partial charge on any atom is 0.243 e. The molecule has 0 aromatic heterocycles. The van der Waals surface area contributed by atoms with Gasteiger partial charge in [0.2, 0.25) is 15.9 Å². The normalized spacial score (nSPS) is 17.1. The summed E-state index contributed by atoms with van der Waals surface area (Å²) >= 11 is 0. The maximum absolute atomic E-state index is 12.9. The van der Waals surface area contributed by atoms with Crippen molar-refractivity contribution in [2.45, 2.75) is 44.9 Å². The highest BCUT2D eigenvalue weighted by Crippen LogP contribution is 2.22. The summed E-state index contributed by atoms with van der Waals surface area (Å²) in [6.07, 6.45) is 2.03. The molecule has 0 aliphatic carbocycles. The summed E-state index contributed by atoms with van der Waals surface area (Å²) in [6.45, 7) is 7.70. The third kappa shape index (κ3) is 4.12. The van der Waals surface area contributed by atoms with Crippen molar-refractivity contribution in [3.63, 3.8) is 0 Å². The van der Waals surface area contributed by atoms with Gasteiger partial charge in [-0.2, -0.15) is 4.31 Å². The zero-order valence-electron chi connectivity index (χ0n) is 14.2. The van der Waals surface area contributed by atoms with Crippen LogP contribution in [-0.4, -0.2) is 49.7 Å². The summed E-state index contributed by atoms with van der Waals surface area (Å²) in [7, 11) is -3.50. The second-order valence-corrected chi connectivity index (χ2v) is 8.06. The molecule has 0 radical (unpaired) electrons. The van der Waals surface area contributed by atoms with Crippen LogP contribution in [0, 0.1) is 13.8 Å². The fraction of sp³-hybridized carbons (Fsp3) is 0.588. The van der Waals surface area contributed by atoms with E-state index in [1.54, 1.807) is 11.0 Å². The summed E-state index contributed by atoms with van der Waals surface area (Å²) in [6, 6.07) is 5.40. The van der Waals surface area contributed by atoms with Gasteiger partial charge >= 0.3 is 0 Å². The molecule has 23 heavy (non-hydrogen) atoms. The van der Waals surface area contributed by atoms with Gasteiger partial charge in [-0.25, -0.2) is 8.42 Å². The summed E-state index contributed by atoms with van der Waals surface area (Å²) in [4.78, 5) is 14.2. The molecule has 1 aromatic carbocycles. The van der Waals surface area contributed by atoms with Gasteiger partial charge in [0, 0.05) is 32.6 Å².